The third-order valence-electron chi connectivity index (χ3n) is 5.86. The fourth-order valence-corrected chi connectivity index (χ4v) is 5.80. The summed E-state index contributed by atoms with van der Waals surface area (Å²) in [5.74, 6) is 0.00824. The molecule has 0 aliphatic carbocycles. The van der Waals surface area contributed by atoms with Gasteiger partial charge in [-0.05, 0) is 56.5 Å². The molecule has 0 bridgehead atoms. The summed E-state index contributed by atoms with van der Waals surface area (Å²) in [5.41, 5.74) is 0.817. The number of amides is 1. The lowest BCUT2D eigenvalue weighted by Gasteiger charge is -2.23. The molecular weight excluding hydrogens is 338 g/mol. The Balaban J connectivity index is 1.48. The summed E-state index contributed by atoms with van der Waals surface area (Å²) in [6, 6.07) is 6.46. The molecule has 1 N–H and O–H groups in total. The first kappa shape index (κ1) is 17.0. The van der Waals surface area contributed by atoms with E-state index in [2.05, 4.69) is 5.32 Å². The molecule has 7 heteroatoms. The predicted octanol–water partition coefficient (Wildman–Crippen LogP) is 1.30. The molecule has 1 amide bonds. The molecule has 1 unspecified atom stereocenters. The van der Waals surface area contributed by atoms with Crippen molar-refractivity contribution in [2.45, 2.75) is 30.6 Å². The smallest absolute Gasteiger partial charge is 0.253 e. The van der Waals surface area contributed by atoms with Gasteiger partial charge in [0.15, 0.2) is 0 Å². The van der Waals surface area contributed by atoms with E-state index in [1.165, 1.54) is 4.31 Å². The molecule has 3 aliphatic rings. The van der Waals surface area contributed by atoms with Crippen LogP contribution in [0.4, 0.5) is 0 Å². The number of likely N-dealkylation sites (tertiary alicyclic amines) is 1. The van der Waals surface area contributed by atoms with Crippen molar-refractivity contribution in [3.63, 3.8) is 0 Å². The fraction of sp³-hybridized carbons (Fsp3) is 0.611. The number of hydrogen-bond acceptors (Lipinski definition) is 4. The molecule has 136 valence electrons. The SMILES string of the molecule is O=C(c1ccc(S(=O)(=O)N2CCCC2)cc1)N1CCC2(CCNC2)C1. The normalized spacial score (nSPS) is 27.4. The molecule has 1 atom stereocenters. The number of nitrogens with one attached hydrogen (secondary N) is 1. The van der Waals surface area contributed by atoms with Gasteiger partial charge in [0.05, 0.1) is 4.90 Å². The zero-order chi connectivity index (χ0) is 17.5. The van der Waals surface area contributed by atoms with Gasteiger partial charge in [0.25, 0.3) is 5.91 Å². The Morgan fingerprint density at radius 3 is 2.40 bits per heavy atom. The van der Waals surface area contributed by atoms with Gasteiger partial charge in [-0.25, -0.2) is 8.42 Å². The van der Waals surface area contributed by atoms with Crippen LogP contribution >= 0.6 is 0 Å². The van der Waals surface area contributed by atoms with Crippen LogP contribution in [-0.4, -0.2) is 62.8 Å². The highest BCUT2D eigenvalue weighted by atomic mass is 32.2. The van der Waals surface area contributed by atoms with Crippen LogP contribution in [-0.2, 0) is 10.0 Å². The van der Waals surface area contributed by atoms with Gasteiger partial charge in [-0.1, -0.05) is 0 Å². The molecular formula is C18H25N3O3S. The molecule has 1 aromatic carbocycles. The maximum Gasteiger partial charge on any atom is 0.253 e. The van der Waals surface area contributed by atoms with E-state index in [4.69, 9.17) is 0 Å². The Bertz CT molecular complexity index is 748. The molecule has 3 saturated heterocycles. The maximum atomic E-state index is 12.7. The second kappa shape index (κ2) is 6.37. The van der Waals surface area contributed by atoms with E-state index in [1.807, 2.05) is 4.90 Å². The second-order valence-corrected chi connectivity index (χ2v) is 9.48. The first-order valence-corrected chi connectivity index (χ1v) is 10.5. The Kier molecular flexibility index (Phi) is 4.33. The van der Waals surface area contributed by atoms with E-state index < -0.39 is 10.0 Å². The largest absolute Gasteiger partial charge is 0.338 e. The average Bonchev–Trinajstić information content (AvgIpc) is 3.38. The summed E-state index contributed by atoms with van der Waals surface area (Å²) in [5, 5.41) is 3.40. The first-order chi connectivity index (χ1) is 12.0. The number of nitrogens with zero attached hydrogens (tertiary/aromatic N) is 2. The van der Waals surface area contributed by atoms with Crippen LogP contribution in [0.2, 0.25) is 0 Å². The third-order valence-corrected chi connectivity index (χ3v) is 7.77. The first-order valence-electron chi connectivity index (χ1n) is 9.11. The van der Waals surface area contributed by atoms with Crippen molar-refractivity contribution in [3.8, 4) is 0 Å². The zero-order valence-corrected chi connectivity index (χ0v) is 15.2. The number of hydrogen-bond donors (Lipinski definition) is 1. The van der Waals surface area contributed by atoms with Crippen LogP contribution in [0, 0.1) is 5.41 Å². The number of sulfonamides is 1. The molecule has 1 spiro atoms. The number of carbonyl (C=O) groups is 1. The van der Waals surface area contributed by atoms with Gasteiger partial charge >= 0.3 is 0 Å². The average molecular weight is 363 g/mol. The van der Waals surface area contributed by atoms with Gasteiger partial charge in [-0.2, -0.15) is 4.31 Å². The minimum Gasteiger partial charge on any atom is -0.338 e. The molecule has 3 fully saturated rings. The van der Waals surface area contributed by atoms with Crippen molar-refractivity contribution in [2.75, 3.05) is 39.3 Å². The van der Waals surface area contributed by atoms with Gasteiger partial charge in [0.1, 0.15) is 0 Å². The quantitative estimate of drug-likeness (QED) is 0.879. The van der Waals surface area contributed by atoms with Crippen LogP contribution in [0.25, 0.3) is 0 Å². The number of carbonyl (C=O) groups excluding carboxylic acids is 1. The lowest BCUT2D eigenvalue weighted by atomic mass is 9.86. The van der Waals surface area contributed by atoms with Gasteiger partial charge in [0, 0.05) is 43.7 Å². The summed E-state index contributed by atoms with van der Waals surface area (Å²) >= 11 is 0. The summed E-state index contributed by atoms with van der Waals surface area (Å²) in [7, 11) is -3.42. The second-order valence-electron chi connectivity index (χ2n) is 7.54. The van der Waals surface area contributed by atoms with Crippen molar-refractivity contribution in [1.29, 1.82) is 0 Å². The summed E-state index contributed by atoms with van der Waals surface area (Å²) < 4.78 is 26.7. The Morgan fingerprint density at radius 2 is 1.76 bits per heavy atom. The molecule has 0 aromatic heterocycles. The van der Waals surface area contributed by atoms with Gasteiger partial charge in [0.2, 0.25) is 10.0 Å². The van der Waals surface area contributed by atoms with E-state index in [0.29, 0.717) is 18.7 Å². The Morgan fingerprint density at radius 1 is 1.04 bits per heavy atom. The van der Waals surface area contributed by atoms with Gasteiger partial charge < -0.3 is 10.2 Å². The molecule has 0 radical (unpaired) electrons. The van der Waals surface area contributed by atoms with E-state index in [1.54, 1.807) is 24.3 Å². The van der Waals surface area contributed by atoms with Crippen LogP contribution < -0.4 is 5.32 Å². The van der Waals surface area contributed by atoms with Crippen molar-refractivity contribution in [1.82, 2.24) is 14.5 Å². The summed E-state index contributed by atoms with van der Waals surface area (Å²) in [4.78, 5) is 14.9. The monoisotopic (exact) mass is 363 g/mol. The standard InChI is InChI=1S/C18H25N3O3S/c22-17(20-12-8-18(14-20)7-9-19-13-18)15-3-5-16(6-4-15)25(23,24)21-10-1-2-11-21/h3-6,19H,1-2,7-14H2. The highest BCUT2D eigenvalue weighted by Crippen LogP contribution is 2.36. The van der Waals surface area contributed by atoms with E-state index >= 15 is 0 Å². The minimum absolute atomic E-state index is 0.00824. The van der Waals surface area contributed by atoms with Crippen molar-refractivity contribution in [3.05, 3.63) is 29.8 Å². The molecule has 0 saturated carbocycles. The summed E-state index contributed by atoms with van der Waals surface area (Å²) in [6.45, 7) is 4.79. The van der Waals surface area contributed by atoms with E-state index in [9.17, 15) is 13.2 Å². The van der Waals surface area contributed by atoms with E-state index in [0.717, 1.165) is 51.9 Å². The van der Waals surface area contributed by atoms with Crippen LogP contribution in [0.5, 0.6) is 0 Å². The van der Waals surface area contributed by atoms with Crippen molar-refractivity contribution < 1.29 is 13.2 Å². The lowest BCUT2D eigenvalue weighted by Crippen LogP contribution is -2.33. The predicted molar refractivity (Wildman–Crippen MR) is 94.9 cm³/mol. The fourth-order valence-electron chi connectivity index (χ4n) is 4.28. The number of benzene rings is 1. The van der Waals surface area contributed by atoms with Crippen molar-refractivity contribution in [2.24, 2.45) is 5.41 Å². The number of rotatable bonds is 3. The van der Waals surface area contributed by atoms with Crippen LogP contribution in [0.1, 0.15) is 36.0 Å². The van der Waals surface area contributed by atoms with E-state index in [-0.39, 0.29) is 16.2 Å². The van der Waals surface area contributed by atoms with Gasteiger partial charge in [-0.15, -0.1) is 0 Å². The lowest BCUT2D eigenvalue weighted by molar-refractivity contribution is 0.0775. The third kappa shape index (κ3) is 3.09. The van der Waals surface area contributed by atoms with Crippen LogP contribution in [0.3, 0.4) is 0 Å². The molecule has 25 heavy (non-hydrogen) atoms. The van der Waals surface area contributed by atoms with Crippen LogP contribution in [0.15, 0.2) is 29.2 Å². The topological polar surface area (TPSA) is 69.7 Å². The van der Waals surface area contributed by atoms with Crippen molar-refractivity contribution >= 4 is 15.9 Å². The molecule has 3 heterocycles. The molecule has 1 aromatic rings. The molecule has 3 aliphatic heterocycles. The highest BCUT2D eigenvalue weighted by Gasteiger charge is 2.42. The van der Waals surface area contributed by atoms with Gasteiger partial charge in [-0.3, -0.25) is 4.79 Å². The Labute approximate surface area is 149 Å². The summed E-state index contributed by atoms with van der Waals surface area (Å²) in [6.07, 6.45) is 4.01. The Hall–Kier alpha value is -1.44. The zero-order valence-electron chi connectivity index (χ0n) is 14.4. The molecule has 6 nitrogen and oxygen atoms in total. The minimum atomic E-state index is -3.42. The molecule has 4 rings (SSSR count). The highest BCUT2D eigenvalue weighted by molar-refractivity contribution is 7.89. The maximum absolute atomic E-state index is 12.7.